The largest absolute Gasteiger partial charge is 0.394 e. The van der Waals surface area contributed by atoms with Crippen molar-refractivity contribution in [2.75, 3.05) is 13.7 Å². The minimum absolute atomic E-state index is 0.338. The van der Waals surface area contributed by atoms with E-state index in [1.54, 1.807) is 0 Å². The zero-order chi connectivity index (χ0) is 19.1. The molecule has 0 unspecified atom stereocenters. The quantitative estimate of drug-likeness (QED) is 0.698. The lowest BCUT2D eigenvalue weighted by Crippen LogP contribution is -2.43. The van der Waals surface area contributed by atoms with Crippen molar-refractivity contribution >= 4 is 0 Å². The van der Waals surface area contributed by atoms with Gasteiger partial charge in [0.15, 0.2) is 6.29 Å². The van der Waals surface area contributed by atoms with E-state index in [-0.39, 0.29) is 0 Å². The Morgan fingerprint density at radius 3 is 1.89 bits per heavy atom. The van der Waals surface area contributed by atoms with Gasteiger partial charge in [0.25, 0.3) is 0 Å². The molecule has 146 valence electrons. The zero-order valence-electron chi connectivity index (χ0n) is 15.3. The third-order valence-electron chi connectivity index (χ3n) is 4.58. The Hall–Kier alpha value is -1.80. The van der Waals surface area contributed by atoms with Crippen LogP contribution in [0.5, 0.6) is 0 Å². The first-order chi connectivity index (χ1) is 13.2. The highest BCUT2D eigenvalue weighted by molar-refractivity contribution is 5.14. The van der Waals surface area contributed by atoms with E-state index in [1.807, 2.05) is 60.7 Å². The van der Waals surface area contributed by atoms with Gasteiger partial charge in [0, 0.05) is 7.11 Å². The van der Waals surface area contributed by atoms with Gasteiger partial charge in [-0.05, 0) is 11.1 Å². The second kappa shape index (κ2) is 9.94. The van der Waals surface area contributed by atoms with Gasteiger partial charge in [-0.1, -0.05) is 60.7 Å². The van der Waals surface area contributed by atoms with Crippen molar-refractivity contribution in [1.29, 1.82) is 0 Å². The highest BCUT2D eigenvalue weighted by atomic mass is 16.7. The Morgan fingerprint density at radius 2 is 1.41 bits per heavy atom. The molecule has 2 aromatic carbocycles. The highest BCUT2D eigenvalue weighted by Crippen LogP contribution is 2.30. The van der Waals surface area contributed by atoms with Gasteiger partial charge in [0.1, 0.15) is 24.4 Å². The molecule has 1 heterocycles. The third kappa shape index (κ3) is 5.13. The molecule has 5 atom stereocenters. The lowest BCUT2D eigenvalue weighted by atomic mass is 10.1. The Morgan fingerprint density at radius 1 is 0.889 bits per heavy atom. The highest BCUT2D eigenvalue weighted by Gasteiger charge is 2.49. The monoisotopic (exact) mass is 374 g/mol. The van der Waals surface area contributed by atoms with Crippen LogP contribution in [0.4, 0.5) is 0 Å². The van der Waals surface area contributed by atoms with Crippen LogP contribution in [0.2, 0.25) is 0 Å². The van der Waals surface area contributed by atoms with Gasteiger partial charge in [-0.3, -0.25) is 0 Å². The number of rotatable bonds is 9. The average molecular weight is 374 g/mol. The van der Waals surface area contributed by atoms with Crippen molar-refractivity contribution in [3.63, 3.8) is 0 Å². The first-order valence-corrected chi connectivity index (χ1v) is 9.01. The van der Waals surface area contributed by atoms with Crippen LogP contribution in [0.15, 0.2) is 60.7 Å². The van der Waals surface area contributed by atoms with Gasteiger partial charge in [0.2, 0.25) is 0 Å². The fraction of sp³-hybridized carbons (Fsp3) is 0.429. The molecule has 6 nitrogen and oxygen atoms in total. The topological polar surface area (TPSA) is 77.4 Å². The van der Waals surface area contributed by atoms with E-state index in [2.05, 4.69) is 0 Å². The minimum Gasteiger partial charge on any atom is -0.394 e. The van der Waals surface area contributed by atoms with E-state index in [0.29, 0.717) is 13.2 Å². The molecule has 0 amide bonds. The van der Waals surface area contributed by atoms with Crippen LogP contribution in [-0.4, -0.2) is 54.6 Å². The van der Waals surface area contributed by atoms with E-state index in [1.165, 1.54) is 7.11 Å². The molecule has 1 saturated heterocycles. The number of methoxy groups -OCH3 is 1. The summed E-state index contributed by atoms with van der Waals surface area (Å²) in [6.45, 7) is 0.269. The lowest BCUT2D eigenvalue weighted by molar-refractivity contribution is -0.177. The molecule has 1 fully saturated rings. The molecule has 6 heteroatoms. The second-order valence-corrected chi connectivity index (χ2v) is 6.48. The van der Waals surface area contributed by atoms with Gasteiger partial charge in [-0.25, -0.2) is 0 Å². The average Bonchev–Trinajstić information content (AvgIpc) is 3.09. The Bertz CT molecular complexity index is 665. The predicted octanol–water partition coefficient (Wildman–Crippen LogP) is 1.88. The lowest BCUT2D eigenvalue weighted by Gasteiger charge is -2.26. The number of hydrogen-bond acceptors (Lipinski definition) is 6. The van der Waals surface area contributed by atoms with Gasteiger partial charge in [-0.2, -0.15) is 0 Å². The maximum Gasteiger partial charge on any atom is 0.186 e. The Kier molecular flexibility index (Phi) is 7.34. The summed E-state index contributed by atoms with van der Waals surface area (Å²) >= 11 is 0. The number of hydrogen-bond donors (Lipinski definition) is 2. The zero-order valence-corrected chi connectivity index (χ0v) is 15.3. The summed E-state index contributed by atoms with van der Waals surface area (Å²) in [5, 5.41) is 19.6. The number of aliphatic hydroxyl groups excluding tert-OH is 2. The first kappa shape index (κ1) is 19.9. The van der Waals surface area contributed by atoms with Crippen LogP contribution in [0, 0.1) is 0 Å². The Labute approximate surface area is 159 Å². The summed E-state index contributed by atoms with van der Waals surface area (Å²) in [6, 6.07) is 19.5. The molecule has 0 radical (unpaired) electrons. The van der Waals surface area contributed by atoms with Crippen molar-refractivity contribution in [3.8, 4) is 0 Å². The summed E-state index contributed by atoms with van der Waals surface area (Å²) < 4.78 is 23.3. The molecule has 3 rings (SSSR count). The van der Waals surface area contributed by atoms with E-state index in [0.717, 1.165) is 11.1 Å². The Balaban J connectivity index is 1.72. The summed E-state index contributed by atoms with van der Waals surface area (Å²) in [7, 11) is 1.52. The summed E-state index contributed by atoms with van der Waals surface area (Å²) in [4.78, 5) is 0. The van der Waals surface area contributed by atoms with Crippen LogP contribution < -0.4 is 0 Å². The summed E-state index contributed by atoms with van der Waals surface area (Å²) in [5.74, 6) is 0. The van der Waals surface area contributed by atoms with E-state index < -0.39 is 37.3 Å². The van der Waals surface area contributed by atoms with Crippen molar-refractivity contribution < 1.29 is 29.2 Å². The maximum absolute atomic E-state index is 10.2. The fourth-order valence-electron chi connectivity index (χ4n) is 3.15. The number of benzene rings is 2. The standard InChI is InChI=1S/C21H26O6/c1-24-21-20(26-14-16-10-6-3-7-11-16)19(18(27-21)17(23)12-22)25-13-15-8-4-2-5-9-15/h2-11,17-23H,12-14H2,1H3/t17-,18+,19+,20-,21-/m1/s1. The molecular weight excluding hydrogens is 348 g/mol. The van der Waals surface area contributed by atoms with Gasteiger partial charge in [-0.15, -0.1) is 0 Å². The van der Waals surface area contributed by atoms with E-state index in [4.69, 9.17) is 18.9 Å². The normalized spacial score (nSPS) is 26.2. The number of aliphatic hydroxyl groups is 2. The molecule has 0 bridgehead atoms. The van der Waals surface area contributed by atoms with Crippen molar-refractivity contribution in [3.05, 3.63) is 71.8 Å². The van der Waals surface area contributed by atoms with Crippen LogP contribution >= 0.6 is 0 Å². The molecule has 1 aliphatic heterocycles. The maximum atomic E-state index is 10.2. The molecule has 0 aromatic heterocycles. The molecule has 1 aliphatic rings. The van der Waals surface area contributed by atoms with Gasteiger partial charge < -0.3 is 29.2 Å². The molecule has 2 N–H and O–H groups in total. The van der Waals surface area contributed by atoms with Crippen LogP contribution in [0.1, 0.15) is 11.1 Å². The smallest absolute Gasteiger partial charge is 0.186 e. The minimum atomic E-state index is -1.09. The van der Waals surface area contributed by atoms with Crippen LogP contribution in [-0.2, 0) is 32.2 Å². The number of ether oxygens (including phenoxy) is 4. The molecular formula is C21H26O6. The predicted molar refractivity (Wildman–Crippen MR) is 98.8 cm³/mol. The summed E-state index contributed by atoms with van der Waals surface area (Å²) in [5.41, 5.74) is 2.01. The van der Waals surface area contributed by atoms with Crippen LogP contribution in [0.25, 0.3) is 0 Å². The fourth-order valence-corrected chi connectivity index (χ4v) is 3.15. The SMILES string of the molecule is CO[C@@H]1O[C@@H]([C@H](O)CO)[C@H](OCc2ccccc2)[C@H]1OCc1ccccc1. The molecule has 0 spiro atoms. The van der Waals surface area contributed by atoms with Crippen molar-refractivity contribution in [1.82, 2.24) is 0 Å². The third-order valence-corrected chi connectivity index (χ3v) is 4.58. The molecule has 0 saturated carbocycles. The molecule has 0 aliphatic carbocycles. The van der Waals surface area contributed by atoms with Crippen molar-refractivity contribution in [2.45, 2.75) is 43.9 Å². The van der Waals surface area contributed by atoms with Gasteiger partial charge >= 0.3 is 0 Å². The molecule has 27 heavy (non-hydrogen) atoms. The van der Waals surface area contributed by atoms with Crippen LogP contribution in [0.3, 0.4) is 0 Å². The van der Waals surface area contributed by atoms with E-state index in [9.17, 15) is 10.2 Å². The first-order valence-electron chi connectivity index (χ1n) is 9.01. The van der Waals surface area contributed by atoms with E-state index >= 15 is 0 Å². The van der Waals surface area contributed by atoms with Crippen molar-refractivity contribution in [2.24, 2.45) is 0 Å². The molecule has 2 aromatic rings. The summed E-state index contributed by atoms with van der Waals surface area (Å²) in [6.07, 6.45) is -3.65. The second-order valence-electron chi connectivity index (χ2n) is 6.48. The van der Waals surface area contributed by atoms with Gasteiger partial charge in [0.05, 0.1) is 19.8 Å².